The Morgan fingerprint density at radius 3 is 2.82 bits per heavy atom. The van der Waals surface area contributed by atoms with Crippen molar-refractivity contribution in [3.63, 3.8) is 0 Å². The molecule has 0 aliphatic heterocycles. The molecule has 0 saturated heterocycles. The van der Waals surface area contributed by atoms with Crippen molar-refractivity contribution in [2.45, 2.75) is 12.8 Å². The highest BCUT2D eigenvalue weighted by atomic mass is 35.5. The topological polar surface area (TPSA) is 68.0 Å². The van der Waals surface area contributed by atoms with Crippen molar-refractivity contribution in [2.24, 2.45) is 0 Å². The van der Waals surface area contributed by atoms with Crippen molar-refractivity contribution in [3.05, 3.63) is 52.7 Å². The van der Waals surface area contributed by atoms with E-state index in [1.165, 1.54) is 0 Å². The minimum atomic E-state index is -0.113. The molecule has 2 aromatic heterocycles. The number of anilines is 1. The Balaban J connectivity index is 1.54. The summed E-state index contributed by atoms with van der Waals surface area (Å²) in [4.78, 5) is 17.1. The fourth-order valence-electron chi connectivity index (χ4n) is 1.84. The first-order valence-electron chi connectivity index (χ1n) is 6.62. The third kappa shape index (κ3) is 3.72. The predicted octanol–water partition coefficient (Wildman–Crippen LogP) is 4.02. The van der Waals surface area contributed by atoms with Crippen LogP contribution in [0, 0.1) is 0 Å². The fraction of sp³-hybridized carbons (Fsp3) is 0.133. The normalized spacial score (nSPS) is 10.6. The van der Waals surface area contributed by atoms with Gasteiger partial charge in [-0.05, 0) is 35.7 Å². The number of benzene rings is 1. The molecular formula is C15H12ClN3O2S. The summed E-state index contributed by atoms with van der Waals surface area (Å²) in [5.41, 5.74) is 0.708. The van der Waals surface area contributed by atoms with Gasteiger partial charge in [-0.25, -0.2) is 0 Å². The number of carbonyl (C=O) groups excluding carboxylic acids is 1. The van der Waals surface area contributed by atoms with Gasteiger partial charge in [0.05, 0.1) is 4.88 Å². The second-order valence-electron chi connectivity index (χ2n) is 4.54. The Kier molecular flexibility index (Phi) is 4.50. The van der Waals surface area contributed by atoms with Crippen LogP contribution in [-0.4, -0.2) is 16.0 Å². The Morgan fingerprint density at radius 1 is 1.27 bits per heavy atom. The summed E-state index contributed by atoms with van der Waals surface area (Å²) in [6, 6.07) is 10.8. The van der Waals surface area contributed by atoms with Gasteiger partial charge in [0.1, 0.15) is 0 Å². The first-order valence-corrected chi connectivity index (χ1v) is 7.88. The van der Waals surface area contributed by atoms with E-state index in [1.807, 2.05) is 17.5 Å². The van der Waals surface area contributed by atoms with Crippen molar-refractivity contribution < 1.29 is 9.32 Å². The molecule has 22 heavy (non-hydrogen) atoms. The SMILES string of the molecule is O=C(CCc1nc(-c2cccs2)no1)Nc1ccc(Cl)cc1. The molecule has 0 aliphatic carbocycles. The highest BCUT2D eigenvalue weighted by Crippen LogP contribution is 2.21. The molecule has 1 aromatic carbocycles. The molecule has 3 rings (SSSR count). The molecule has 1 amide bonds. The van der Waals surface area contributed by atoms with Gasteiger partial charge in [0.25, 0.3) is 0 Å². The third-order valence-corrected chi connectivity index (χ3v) is 4.02. The van der Waals surface area contributed by atoms with Crippen LogP contribution in [0.3, 0.4) is 0 Å². The van der Waals surface area contributed by atoms with E-state index >= 15 is 0 Å². The summed E-state index contributed by atoms with van der Waals surface area (Å²) >= 11 is 7.34. The maximum Gasteiger partial charge on any atom is 0.227 e. The Labute approximate surface area is 135 Å². The Hall–Kier alpha value is -2.18. The summed E-state index contributed by atoms with van der Waals surface area (Å²) in [5, 5.41) is 9.28. The standard InChI is InChI=1S/C15H12ClN3O2S/c16-10-3-5-11(6-4-10)17-13(20)7-8-14-18-15(19-21-14)12-2-1-9-22-12/h1-6,9H,7-8H2,(H,17,20). The molecule has 0 fully saturated rings. The first-order chi connectivity index (χ1) is 10.7. The van der Waals surface area contributed by atoms with Gasteiger partial charge < -0.3 is 9.84 Å². The number of thiophene rings is 1. The Bertz CT molecular complexity index is 753. The van der Waals surface area contributed by atoms with Crippen LogP contribution in [0.2, 0.25) is 5.02 Å². The lowest BCUT2D eigenvalue weighted by Crippen LogP contribution is -2.12. The number of halogens is 1. The molecule has 2 heterocycles. The van der Waals surface area contributed by atoms with E-state index in [2.05, 4.69) is 15.5 Å². The molecule has 0 unspecified atom stereocenters. The molecule has 3 aromatic rings. The van der Waals surface area contributed by atoms with Crippen LogP contribution in [0.5, 0.6) is 0 Å². The van der Waals surface area contributed by atoms with Gasteiger partial charge in [-0.1, -0.05) is 22.8 Å². The van der Waals surface area contributed by atoms with Crippen LogP contribution < -0.4 is 5.32 Å². The zero-order valence-electron chi connectivity index (χ0n) is 11.5. The number of amides is 1. The number of rotatable bonds is 5. The van der Waals surface area contributed by atoms with Crippen molar-refractivity contribution >= 4 is 34.5 Å². The number of nitrogens with zero attached hydrogens (tertiary/aromatic N) is 2. The van der Waals surface area contributed by atoms with E-state index in [-0.39, 0.29) is 12.3 Å². The molecule has 0 aliphatic rings. The zero-order chi connectivity index (χ0) is 15.4. The van der Waals surface area contributed by atoms with E-state index in [4.69, 9.17) is 16.1 Å². The van der Waals surface area contributed by atoms with Gasteiger partial charge in [-0.2, -0.15) is 4.98 Å². The van der Waals surface area contributed by atoms with Gasteiger partial charge >= 0.3 is 0 Å². The van der Waals surface area contributed by atoms with E-state index in [0.717, 1.165) is 4.88 Å². The molecule has 7 heteroatoms. The number of hydrogen-bond acceptors (Lipinski definition) is 5. The van der Waals surface area contributed by atoms with Gasteiger partial charge in [0, 0.05) is 23.6 Å². The number of hydrogen-bond donors (Lipinski definition) is 1. The fourth-order valence-corrected chi connectivity index (χ4v) is 2.61. The summed E-state index contributed by atoms with van der Waals surface area (Å²) in [6.07, 6.45) is 0.673. The highest BCUT2D eigenvalue weighted by Gasteiger charge is 2.11. The second-order valence-corrected chi connectivity index (χ2v) is 5.93. The number of aromatic nitrogens is 2. The number of nitrogens with one attached hydrogen (secondary N) is 1. The summed E-state index contributed by atoms with van der Waals surface area (Å²) < 4.78 is 5.15. The van der Waals surface area contributed by atoms with Crippen LogP contribution in [0.15, 0.2) is 46.3 Å². The smallest absolute Gasteiger partial charge is 0.227 e. The molecule has 0 spiro atoms. The maximum atomic E-state index is 11.9. The Morgan fingerprint density at radius 2 is 2.09 bits per heavy atom. The maximum absolute atomic E-state index is 11.9. The third-order valence-electron chi connectivity index (χ3n) is 2.90. The van der Waals surface area contributed by atoms with Crippen LogP contribution in [0.4, 0.5) is 5.69 Å². The average Bonchev–Trinajstić information content (AvgIpc) is 3.18. The molecule has 0 bridgehead atoms. The minimum Gasteiger partial charge on any atom is -0.339 e. The summed E-state index contributed by atoms with van der Waals surface area (Å²) in [5.74, 6) is 0.899. The van der Waals surface area contributed by atoms with Crippen molar-refractivity contribution in [2.75, 3.05) is 5.32 Å². The molecule has 0 radical (unpaired) electrons. The predicted molar refractivity (Wildman–Crippen MR) is 86.0 cm³/mol. The van der Waals surface area contributed by atoms with Crippen molar-refractivity contribution in [1.82, 2.24) is 10.1 Å². The van der Waals surface area contributed by atoms with E-state index < -0.39 is 0 Å². The lowest BCUT2D eigenvalue weighted by atomic mass is 10.2. The van der Waals surface area contributed by atoms with Crippen LogP contribution >= 0.6 is 22.9 Å². The molecule has 112 valence electrons. The van der Waals surface area contributed by atoms with Gasteiger partial charge in [0.15, 0.2) is 0 Å². The van der Waals surface area contributed by atoms with E-state index in [0.29, 0.717) is 28.8 Å². The minimum absolute atomic E-state index is 0.113. The van der Waals surface area contributed by atoms with E-state index in [1.54, 1.807) is 35.6 Å². The zero-order valence-corrected chi connectivity index (χ0v) is 13.0. The van der Waals surface area contributed by atoms with Gasteiger partial charge in [-0.3, -0.25) is 4.79 Å². The molecule has 1 N–H and O–H groups in total. The molecule has 0 atom stereocenters. The first kappa shape index (κ1) is 14.7. The lowest BCUT2D eigenvalue weighted by molar-refractivity contribution is -0.116. The largest absolute Gasteiger partial charge is 0.339 e. The number of aryl methyl sites for hydroxylation is 1. The van der Waals surface area contributed by atoms with Gasteiger partial charge in [0.2, 0.25) is 17.6 Å². The quantitative estimate of drug-likeness (QED) is 0.765. The highest BCUT2D eigenvalue weighted by molar-refractivity contribution is 7.13. The summed E-state index contributed by atoms with van der Waals surface area (Å²) in [7, 11) is 0. The lowest BCUT2D eigenvalue weighted by Gasteiger charge is -2.03. The van der Waals surface area contributed by atoms with Gasteiger partial charge in [-0.15, -0.1) is 11.3 Å². The monoisotopic (exact) mass is 333 g/mol. The summed E-state index contributed by atoms with van der Waals surface area (Å²) in [6.45, 7) is 0. The van der Waals surface area contributed by atoms with Crippen molar-refractivity contribution in [1.29, 1.82) is 0 Å². The van der Waals surface area contributed by atoms with Crippen molar-refractivity contribution in [3.8, 4) is 10.7 Å². The van der Waals surface area contributed by atoms with Crippen LogP contribution in [-0.2, 0) is 11.2 Å². The average molecular weight is 334 g/mol. The second kappa shape index (κ2) is 6.72. The molecule has 5 nitrogen and oxygen atoms in total. The van der Waals surface area contributed by atoms with Crippen LogP contribution in [0.25, 0.3) is 10.7 Å². The van der Waals surface area contributed by atoms with E-state index in [9.17, 15) is 4.79 Å². The van der Waals surface area contributed by atoms with Crippen LogP contribution in [0.1, 0.15) is 12.3 Å². The molecular weight excluding hydrogens is 322 g/mol. The molecule has 0 saturated carbocycles. The number of carbonyl (C=O) groups is 1.